The Labute approximate surface area is 65.9 Å². The Hall–Kier alpha value is -0.200. The molecule has 11 heavy (non-hydrogen) atoms. The van der Waals surface area contributed by atoms with Crippen molar-refractivity contribution in [1.29, 1.82) is 0 Å². The molecule has 1 fully saturated rings. The molecule has 0 aromatic carbocycles. The maximum Gasteiger partial charge on any atom is 0.168 e. The second-order valence-electron chi connectivity index (χ2n) is 2.67. The first-order chi connectivity index (χ1) is 5.65. The van der Waals surface area contributed by atoms with Crippen LogP contribution in [0.3, 0.4) is 0 Å². The molecule has 1 rings (SSSR count). The highest BCUT2D eigenvalue weighted by atomic mass is 16.5. The summed E-state index contributed by atoms with van der Waals surface area (Å²) in [7, 11) is 0. The van der Waals surface area contributed by atoms with Gasteiger partial charge in [-0.15, -0.1) is 0 Å². The molecule has 0 aromatic rings. The molecule has 1 aliphatic rings. The Balaban J connectivity index is 2.72. The van der Waals surface area contributed by atoms with E-state index in [9.17, 15) is 10.2 Å². The third kappa shape index (κ3) is 1.52. The largest absolute Gasteiger partial charge is 0.393 e. The predicted octanol–water partition coefficient (Wildman–Crippen LogP) is -2.22. The zero-order chi connectivity index (χ0) is 9.19. The first-order valence-electron chi connectivity index (χ1n) is 3.97. The van der Waals surface area contributed by atoms with Gasteiger partial charge in [-0.25, -0.2) is 0 Å². The lowest BCUT2D eigenvalue weighted by molar-refractivity contribution is -0.209. The predicted molar refractivity (Wildman–Crippen MR) is 36.6 cm³/mol. The van der Waals surface area contributed by atoms with Gasteiger partial charge in [0.2, 0.25) is 0 Å². The molecule has 0 unspecified atom stereocenters. The van der Waals surface area contributed by atoms with Crippen LogP contribution in [0.5, 0.6) is 0 Å². The van der Waals surface area contributed by atoms with Crippen LogP contribution in [0.4, 0.5) is 0 Å². The summed E-state index contributed by atoms with van der Waals surface area (Å²) in [5.41, 5.74) is -0.0525. The lowest BCUT2D eigenvalue weighted by Gasteiger charge is -2.39. The van der Waals surface area contributed by atoms with Crippen LogP contribution in [0.15, 0.2) is 0 Å². The van der Waals surface area contributed by atoms with E-state index in [-0.39, 0.29) is 13.0 Å². The molecule has 66 valence electrons. The molecule has 1 saturated heterocycles. The zero-order valence-electron chi connectivity index (χ0n) is 7.03. The summed E-state index contributed by atoms with van der Waals surface area (Å²) in [4.78, 5) is 0. The molecule has 0 bridgehead atoms. The van der Waals surface area contributed by atoms with Crippen LogP contribution in [0.1, 0.15) is 6.42 Å². The van der Waals surface area contributed by atoms with Crippen LogP contribution in [-0.2, 0) is 4.74 Å². The maximum atomic E-state index is 9.57. The van der Waals surface area contributed by atoms with Gasteiger partial charge < -0.3 is 20.1 Å². The number of aliphatic hydroxyl groups is 3. The first-order valence-corrected chi connectivity index (χ1v) is 3.47. The summed E-state index contributed by atoms with van der Waals surface area (Å²) >= 11 is 0. The molecule has 1 aliphatic heterocycles. The Morgan fingerprint density at radius 3 is 3.00 bits per heavy atom. The molecule has 3 atom stereocenters. The van der Waals surface area contributed by atoms with Gasteiger partial charge in [-0.05, 0) is 0 Å². The van der Waals surface area contributed by atoms with Gasteiger partial charge in [0, 0.05) is 13.0 Å². The summed E-state index contributed by atoms with van der Waals surface area (Å²) < 4.78 is 11.8. The normalized spacial score (nSPS) is 47.0. The molecule has 0 saturated carbocycles. The SMILES string of the molecule is [2H]N[C@]1(O)[C@H](O)CCO[C@@H]1CO. The minimum atomic E-state index is -1.85. The third-order valence-electron chi connectivity index (χ3n) is 1.88. The monoisotopic (exact) mass is 164 g/mol. The van der Waals surface area contributed by atoms with Crippen molar-refractivity contribution in [2.75, 3.05) is 13.2 Å². The van der Waals surface area contributed by atoms with Crippen LogP contribution in [-0.4, -0.2) is 46.5 Å². The maximum absolute atomic E-state index is 9.57. The fourth-order valence-electron chi connectivity index (χ4n) is 1.08. The Morgan fingerprint density at radius 1 is 1.82 bits per heavy atom. The number of hydrogen-bond donors (Lipinski definition) is 4. The van der Waals surface area contributed by atoms with E-state index in [4.69, 9.17) is 11.3 Å². The molecular formula is C6H13NO4. The second kappa shape index (κ2) is 3.04. The molecule has 0 amide bonds. The summed E-state index contributed by atoms with van der Waals surface area (Å²) in [6.45, 7) is -0.157. The number of ether oxygens (including phenoxy) is 1. The van der Waals surface area contributed by atoms with E-state index in [0.29, 0.717) is 0 Å². The summed E-state index contributed by atoms with van der Waals surface area (Å²) in [5, 5.41) is 27.6. The van der Waals surface area contributed by atoms with Crippen molar-refractivity contribution < 1.29 is 21.5 Å². The van der Waals surface area contributed by atoms with Gasteiger partial charge in [0.1, 0.15) is 13.6 Å². The van der Waals surface area contributed by atoms with Gasteiger partial charge >= 0.3 is 0 Å². The summed E-state index contributed by atoms with van der Waals surface area (Å²) in [6, 6.07) is 0. The van der Waals surface area contributed by atoms with Crippen molar-refractivity contribution in [2.24, 2.45) is 5.73 Å². The van der Waals surface area contributed by atoms with Crippen molar-refractivity contribution in [3.05, 3.63) is 0 Å². The number of rotatable bonds is 2. The molecular weight excluding hydrogens is 150 g/mol. The molecule has 5 heteroatoms. The molecule has 5 nitrogen and oxygen atoms in total. The Kier molecular flexibility index (Phi) is 2.06. The van der Waals surface area contributed by atoms with Gasteiger partial charge in [-0.3, -0.25) is 5.73 Å². The highest BCUT2D eigenvalue weighted by Gasteiger charge is 2.43. The summed E-state index contributed by atoms with van der Waals surface area (Å²) in [6.07, 6.45) is -1.78. The lowest BCUT2D eigenvalue weighted by Crippen LogP contribution is -2.64. The molecule has 0 aromatic heterocycles. The van der Waals surface area contributed by atoms with Gasteiger partial charge in [0.05, 0.1) is 6.61 Å². The van der Waals surface area contributed by atoms with Crippen LogP contribution in [0.25, 0.3) is 0 Å². The third-order valence-corrected chi connectivity index (χ3v) is 1.88. The second-order valence-corrected chi connectivity index (χ2v) is 2.67. The highest BCUT2D eigenvalue weighted by Crippen LogP contribution is 2.20. The van der Waals surface area contributed by atoms with Crippen molar-refractivity contribution in [2.45, 2.75) is 24.4 Å². The van der Waals surface area contributed by atoms with Gasteiger partial charge in [-0.1, -0.05) is 0 Å². The van der Waals surface area contributed by atoms with E-state index < -0.39 is 24.5 Å². The van der Waals surface area contributed by atoms with Gasteiger partial charge in [0.15, 0.2) is 5.72 Å². The van der Waals surface area contributed by atoms with E-state index in [0.717, 1.165) is 0 Å². The topological polar surface area (TPSA) is 95.9 Å². The average Bonchev–Trinajstić information content (AvgIpc) is 2.10. The standard InChI is InChI=1S/C6H13NO4/c7-6(10)4(9)1-2-11-5(6)3-8/h4-5,8-10H,1-3,7H2/t4-,5-,6+/m1/s1/i/hD. The van der Waals surface area contributed by atoms with Crippen LogP contribution in [0.2, 0.25) is 1.41 Å². The first kappa shape index (κ1) is 7.45. The quantitative estimate of drug-likeness (QED) is 0.347. The summed E-state index contributed by atoms with van der Waals surface area (Å²) in [5.74, 6) is 0. The minimum Gasteiger partial charge on any atom is -0.393 e. The van der Waals surface area contributed by atoms with Crippen molar-refractivity contribution in [1.82, 2.24) is 0 Å². The molecule has 0 spiro atoms. The van der Waals surface area contributed by atoms with Crippen LogP contribution >= 0.6 is 0 Å². The van der Waals surface area contributed by atoms with E-state index in [2.05, 4.69) is 0 Å². The molecule has 0 radical (unpaired) electrons. The molecule has 5 N–H and O–H groups in total. The van der Waals surface area contributed by atoms with Gasteiger partial charge in [-0.2, -0.15) is 0 Å². The zero-order valence-corrected chi connectivity index (χ0v) is 6.03. The Morgan fingerprint density at radius 2 is 2.55 bits per heavy atom. The molecule has 0 aliphatic carbocycles. The average molecular weight is 164 g/mol. The fraction of sp³-hybridized carbons (Fsp3) is 1.00. The Bertz CT molecular complexity index is 158. The van der Waals surface area contributed by atoms with E-state index in [1.807, 2.05) is 0 Å². The van der Waals surface area contributed by atoms with E-state index in [1.165, 1.54) is 0 Å². The van der Waals surface area contributed by atoms with Crippen molar-refractivity contribution in [3.63, 3.8) is 0 Å². The van der Waals surface area contributed by atoms with Crippen molar-refractivity contribution in [3.8, 4) is 0 Å². The van der Waals surface area contributed by atoms with E-state index in [1.54, 1.807) is 5.73 Å². The van der Waals surface area contributed by atoms with E-state index >= 15 is 0 Å². The number of nitrogens with two attached hydrogens (primary N) is 1. The minimum absolute atomic E-state index is 0.249. The molecule has 1 heterocycles. The van der Waals surface area contributed by atoms with Crippen LogP contribution in [0, 0.1) is 0 Å². The van der Waals surface area contributed by atoms with Crippen molar-refractivity contribution >= 4 is 0 Å². The highest BCUT2D eigenvalue weighted by molar-refractivity contribution is 4.91. The smallest absolute Gasteiger partial charge is 0.168 e. The number of hydrogen-bond acceptors (Lipinski definition) is 5. The van der Waals surface area contributed by atoms with Gasteiger partial charge in [0.25, 0.3) is 0 Å². The fourth-order valence-corrected chi connectivity index (χ4v) is 1.08. The number of aliphatic hydroxyl groups excluding tert-OH is 2. The van der Waals surface area contributed by atoms with Crippen LogP contribution < -0.4 is 5.73 Å². The lowest BCUT2D eigenvalue weighted by atomic mass is 9.96.